The van der Waals surface area contributed by atoms with Crippen LogP contribution in [-0.4, -0.2) is 6.54 Å². The van der Waals surface area contributed by atoms with Crippen molar-refractivity contribution in [3.63, 3.8) is 0 Å². The fourth-order valence-electron chi connectivity index (χ4n) is 2.69. The average Bonchev–Trinajstić information content (AvgIpc) is 2.81. The van der Waals surface area contributed by atoms with Crippen LogP contribution < -0.4 is 5.73 Å². The number of allylic oxidation sites excluding steroid dienone is 1. The highest BCUT2D eigenvalue weighted by molar-refractivity contribution is 5.43. The second kappa shape index (κ2) is 6.01. The van der Waals surface area contributed by atoms with Crippen LogP contribution in [0.25, 0.3) is 0 Å². The van der Waals surface area contributed by atoms with Crippen molar-refractivity contribution in [3.8, 4) is 6.07 Å². The van der Waals surface area contributed by atoms with Crippen molar-refractivity contribution in [2.75, 3.05) is 6.54 Å². The van der Waals surface area contributed by atoms with E-state index in [1.165, 1.54) is 5.56 Å². The maximum atomic E-state index is 8.96. The third-order valence-electron chi connectivity index (χ3n) is 3.70. The van der Waals surface area contributed by atoms with Gasteiger partial charge < -0.3 is 10.5 Å². The molecule has 0 amide bonds. The third kappa shape index (κ3) is 2.70. The largest absolute Gasteiger partial charge is 0.365 e. The van der Waals surface area contributed by atoms with E-state index in [1.54, 1.807) is 0 Å². The number of fused-ring (bicyclic) bond motifs is 1. The van der Waals surface area contributed by atoms with Crippen molar-refractivity contribution in [1.29, 1.82) is 5.26 Å². The first-order chi connectivity index (χ1) is 9.25. The van der Waals surface area contributed by atoms with Crippen LogP contribution in [0.2, 0.25) is 0 Å². The molecule has 0 spiro atoms. The molecule has 0 aliphatic carbocycles. The molecule has 0 saturated heterocycles. The van der Waals surface area contributed by atoms with E-state index in [0.717, 1.165) is 24.8 Å². The summed E-state index contributed by atoms with van der Waals surface area (Å²) in [5.74, 6) is 0. The van der Waals surface area contributed by atoms with Gasteiger partial charge in [0.15, 0.2) is 0 Å². The summed E-state index contributed by atoms with van der Waals surface area (Å²) >= 11 is 0. The molecule has 0 bridgehead atoms. The summed E-state index contributed by atoms with van der Waals surface area (Å²) in [6.45, 7) is 3.28. The molecular weight excluding hydrogens is 236 g/mol. The maximum Gasteiger partial charge on any atom is 0.0991 e. The zero-order chi connectivity index (χ0) is 13.7. The van der Waals surface area contributed by atoms with Crippen LogP contribution in [-0.2, 0) is 16.9 Å². The van der Waals surface area contributed by atoms with Crippen molar-refractivity contribution < 1.29 is 4.74 Å². The molecule has 1 atom stereocenters. The number of hydrogen-bond acceptors (Lipinski definition) is 3. The zero-order valence-electron chi connectivity index (χ0n) is 11.4. The molecule has 19 heavy (non-hydrogen) atoms. The lowest BCUT2D eigenvalue weighted by atomic mass is 9.84. The summed E-state index contributed by atoms with van der Waals surface area (Å²) in [6.07, 6.45) is 6.92. The van der Waals surface area contributed by atoms with E-state index in [-0.39, 0.29) is 5.60 Å². The van der Waals surface area contributed by atoms with Crippen LogP contribution in [0.15, 0.2) is 30.4 Å². The van der Waals surface area contributed by atoms with E-state index in [4.69, 9.17) is 15.7 Å². The Morgan fingerprint density at radius 3 is 3.05 bits per heavy atom. The summed E-state index contributed by atoms with van der Waals surface area (Å²) in [7, 11) is 0. The smallest absolute Gasteiger partial charge is 0.0991 e. The average molecular weight is 256 g/mol. The third-order valence-corrected chi connectivity index (χ3v) is 3.70. The Kier molecular flexibility index (Phi) is 4.36. The minimum atomic E-state index is -0.255. The number of nitrogens with zero attached hydrogens (tertiary/aromatic N) is 1. The molecule has 3 heteroatoms. The minimum Gasteiger partial charge on any atom is -0.365 e. The first-order valence-electron chi connectivity index (χ1n) is 6.74. The predicted molar refractivity (Wildman–Crippen MR) is 75.3 cm³/mol. The number of nitrogens with two attached hydrogens (primary N) is 1. The van der Waals surface area contributed by atoms with Crippen LogP contribution in [0.3, 0.4) is 0 Å². The Balaban J connectivity index is 2.35. The number of rotatable bonds is 5. The van der Waals surface area contributed by atoms with Gasteiger partial charge >= 0.3 is 0 Å². The van der Waals surface area contributed by atoms with Crippen molar-refractivity contribution >= 4 is 0 Å². The zero-order valence-corrected chi connectivity index (χ0v) is 11.4. The Hall–Kier alpha value is -1.63. The van der Waals surface area contributed by atoms with Gasteiger partial charge in [0.2, 0.25) is 0 Å². The van der Waals surface area contributed by atoms with Crippen molar-refractivity contribution in [3.05, 3.63) is 47.0 Å². The molecular formula is C16H20N2O. The molecule has 2 rings (SSSR count). The molecule has 1 heterocycles. The van der Waals surface area contributed by atoms with Crippen molar-refractivity contribution in [1.82, 2.24) is 0 Å². The highest BCUT2D eigenvalue weighted by atomic mass is 16.5. The van der Waals surface area contributed by atoms with E-state index >= 15 is 0 Å². The SMILES string of the molecule is C/C=C\CC1(CCCN)OCc2cc(C#N)ccc21. The Bertz CT molecular complexity index is 516. The summed E-state index contributed by atoms with van der Waals surface area (Å²) in [4.78, 5) is 0. The lowest BCUT2D eigenvalue weighted by Crippen LogP contribution is -2.25. The minimum absolute atomic E-state index is 0.255. The van der Waals surface area contributed by atoms with Gasteiger partial charge in [-0.1, -0.05) is 18.2 Å². The lowest BCUT2D eigenvalue weighted by molar-refractivity contribution is -0.0432. The van der Waals surface area contributed by atoms with E-state index in [1.807, 2.05) is 25.1 Å². The number of hydrogen-bond donors (Lipinski definition) is 1. The number of nitriles is 1. The second-order valence-electron chi connectivity index (χ2n) is 4.93. The molecule has 0 fully saturated rings. The van der Waals surface area contributed by atoms with E-state index in [0.29, 0.717) is 18.7 Å². The van der Waals surface area contributed by atoms with Crippen molar-refractivity contribution in [2.24, 2.45) is 5.73 Å². The summed E-state index contributed by atoms with van der Waals surface area (Å²) in [5.41, 5.74) is 8.45. The maximum absolute atomic E-state index is 8.96. The number of ether oxygens (including phenoxy) is 1. The van der Waals surface area contributed by atoms with Gasteiger partial charge in [0, 0.05) is 0 Å². The molecule has 1 unspecified atom stereocenters. The van der Waals surface area contributed by atoms with E-state index in [9.17, 15) is 0 Å². The summed E-state index contributed by atoms with van der Waals surface area (Å²) in [5, 5.41) is 8.96. The topological polar surface area (TPSA) is 59.0 Å². The van der Waals surface area contributed by atoms with E-state index in [2.05, 4.69) is 18.2 Å². The second-order valence-corrected chi connectivity index (χ2v) is 4.93. The highest BCUT2D eigenvalue weighted by Crippen LogP contribution is 2.43. The summed E-state index contributed by atoms with van der Waals surface area (Å²) < 4.78 is 6.10. The molecule has 2 N–H and O–H groups in total. The molecule has 1 aromatic carbocycles. The molecule has 1 aliphatic heterocycles. The molecule has 3 nitrogen and oxygen atoms in total. The van der Waals surface area contributed by atoms with Gasteiger partial charge in [-0.25, -0.2) is 0 Å². The molecule has 1 aromatic rings. The van der Waals surface area contributed by atoms with Gasteiger partial charge in [-0.15, -0.1) is 0 Å². The molecule has 100 valence electrons. The van der Waals surface area contributed by atoms with Gasteiger partial charge in [0.05, 0.1) is 23.8 Å². The fourth-order valence-corrected chi connectivity index (χ4v) is 2.69. The Labute approximate surface area is 114 Å². The summed E-state index contributed by atoms with van der Waals surface area (Å²) in [6, 6.07) is 8.04. The molecule has 0 radical (unpaired) electrons. The number of benzene rings is 1. The fraction of sp³-hybridized carbons (Fsp3) is 0.438. The Morgan fingerprint density at radius 1 is 1.53 bits per heavy atom. The van der Waals surface area contributed by atoms with Crippen LogP contribution >= 0.6 is 0 Å². The van der Waals surface area contributed by atoms with Gasteiger partial charge in [-0.05, 0) is 56.0 Å². The van der Waals surface area contributed by atoms with Crippen LogP contribution in [0.4, 0.5) is 0 Å². The lowest BCUT2D eigenvalue weighted by Gasteiger charge is -2.28. The van der Waals surface area contributed by atoms with Gasteiger partial charge in [-0.2, -0.15) is 5.26 Å². The van der Waals surface area contributed by atoms with Gasteiger partial charge in [-0.3, -0.25) is 0 Å². The van der Waals surface area contributed by atoms with Crippen molar-refractivity contribution in [2.45, 2.75) is 38.4 Å². The monoisotopic (exact) mass is 256 g/mol. The predicted octanol–water partition coefficient (Wildman–Crippen LogP) is 2.99. The first-order valence-corrected chi connectivity index (χ1v) is 6.74. The molecule has 0 aromatic heterocycles. The Morgan fingerprint density at radius 2 is 2.37 bits per heavy atom. The van der Waals surface area contributed by atoms with Crippen LogP contribution in [0.1, 0.15) is 42.9 Å². The quantitative estimate of drug-likeness (QED) is 0.824. The normalized spacial score (nSPS) is 21.5. The van der Waals surface area contributed by atoms with Crippen LogP contribution in [0.5, 0.6) is 0 Å². The van der Waals surface area contributed by atoms with Gasteiger partial charge in [0.25, 0.3) is 0 Å². The molecule has 1 aliphatic rings. The van der Waals surface area contributed by atoms with E-state index < -0.39 is 0 Å². The highest BCUT2D eigenvalue weighted by Gasteiger charge is 2.38. The standard InChI is InChI=1S/C16H20N2O/c1-2-3-7-16(8-4-9-17)15-6-5-13(11-18)10-14(15)12-19-16/h2-3,5-6,10H,4,7-9,12,17H2,1H3/b3-2-. The van der Waals surface area contributed by atoms with Crippen LogP contribution in [0, 0.1) is 11.3 Å². The first kappa shape index (κ1) is 13.8. The van der Waals surface area contributed by atoms with Gasteiger partial charge in [0.1, 0.15) is 0 Å². The molecule has 0 saturated carbocycles.